The Morgan fingerprint density at radius 1 is 1.25 bits per heavy atom. The zero-order chi connectivity index (χ0) is 17.6. The van der Waals surface area contributed by atoms with Crippen LogP contribution in [-0.2, 0) is 4.79 Å². The van der Waals surface area contributed by atoms with Gasteiger partial charge in [-0.25, -0.2) is 0 Å². The van der Waals surface area contributed by atoms with Crippen molar-refractivity contribution in [2.75, 3.05) is 44.6 Å². The number of rotatable bonds is 6. The number of nitriles is 1. The minimum atomic E-state index is -3.76. The minimum absolute atomic E-state index is 0.0878. The van der Waals surface area contributed by atoms with Gasteiger partial charge in [-0.3, -0.25) is 4.79 Å². The summed E-state index contributed by atoms with van der Waals surface area (Å²) in [5.74, 6) is -0.236. The maximum atomic E-state index is 12.5. The number of amides is 1. The number of nitrogens with one attached hydrogen (secondary N) is 3. The molecule has 9 heteroatoms. The third kappa shape index (κ3) is 6.28. The van der Waals surface area contributed by atoms with E-state index in [-0.39, 0.29) is 11.7 Å². The summed E-state index contributed by atoms with van der Waals surface area (Å²) in [7, 11) is 0. The molecule has 0 unspecified atom stereocenters. The molecule has 0 spiro atoms. The fourth-order valence-corrected chi connectivity index (χ4v) is 2.68. The number of carbonyl (C=O) groups is 1. The van der Waals surface area contributed by atoms with Crippen LogP contribution in [0.3, 0.4) is 0 Å². The van der Waals surface area contributed by atoms with E-state index < -0.39 is 5.57 Å². The molecule has 1 heterocycles. The van der Waals surface area contributed by atoms with E-state index in [1.807, 2.05) is 0 Å². The van der Waals surface area contributed by atoms with Crippen LogP contribution in [0.25, 0.3) is 0 Å². The lowest BCUT2D eigenvalue weighted by Crippen LogP contribution is -3.28. The Kier molecular flexibility index (Phi) is 6.31. The molecule has 1 aliphatic rings. The Morgan fingerprint density at radius 3 is 2.38 bits per heavy atom. The highest BCUT2D eigenvalue weighted by molar-refractivity contribution is 6.20. The summed E-state index contributed by atoms with van der Waals surface area (Å²) in [6.07, 6.45) is 0. The quantitative estimate of drug-likeness (QED) is 0.455. The molecule has 0 radical (unpaired) electrons. The van der Waals surface area contributed by atoms with Crippen LogP contribution in [0.2, 0.25) is 0 Å². The summed E-state index contributed by atoms with van der Waals surface area (Å²) >= 11 is 4.68. The van der Waals surface area contributed by atoms with Gasteiger partial charge in [-0.1, -0.05) is 0 Å². The average Bonchev–Trinajstić information content (AvgIpc) is 2.50. The van der Waals surface area contributed by atoms with Crippen molar-refractivity contribution in [1.82, 2.24) is 0 Å². The van der Waals surface area contributed by atoms with E-state index in [0.29, 0.717) is 18.8 Å². The predicted octanol–water partition coefficient (Wildman–Crippen LogP) is -0.900. The molecule has 3 N–H and O–H groups in total. The van der Waals surface area contributed by atoms with Gasteiger partial charge in [0, 0.05) is 17.3 Å². The van der Waals surface area contributed by atoms with Crippen LogP contribution in [0, 0.1) is 11.3 Å². The van der Waals surface area contributed by atoms with Gasteiger partial charge in [-0.15, -0.1) is 8.78 Å². The fourth-order valence-electron chi connectivity index (χ4n) is 2.59. The number of anilines is 1. The van der Waals surface area contributed by atoms with Gasteiger partial charge in [0.25, 0.3) is 5.91 Å². The normalized spacial score (nSPS) is 20.9. The highest BCUT2D eigenvalue weighted by Gasteiger charge is 2.27. The Bertz CT molecular complexity index is 593. The van der Waals surface area contributed by atoms with Crippen molar-refractivity contribution in [3.8, 4) is 11.8 Å². The van der Waals surface area contributed by atoms with Crippen molar-refractivity contribution in [2.24, 2.45) is 0 Å². The van der Waals surface area contributed by atoms with Crippen molar-refractivity contribution in [3.05, 3.63) is 24.3 Å². The van der Waals surface area contributed by atoms with E-state index in [2.05, 4.69) is 27.7 Å². The second kappa shape index (κ2) is 8.24. The molecular formula is C15H19ClF2N4O2+2. The highest BCUT2D eigenvalue weighted by Crippen LogP contribution is 2.25. The van der Waals surface area contributed by atoms with Gasteiger partial charge in [0.1, 0.15) is 38.0 Å². The molecule has 0 aliphatic carbocycles. The lowest BCUT2D eigenvalue weighted by Gasteiger charge is -2.27. The van der Waals surface area contributed by atoms with Crippen LogP contribution in [0.5, 0.6) is 5.75 Å². The monoisotopic (exact) mass is 360 g/mol. The molecule has 1 amide bonds. The number of ether oxygens (including phenoxy) is 1. The van der Waals surface area contributed by atoms with Gasteiger partial charge in [0.05, 0.1) is 0 Å². The Hall–Kier alpha value is -1.95. The molecule has 130 valence electrons. The van der Waals surface area contributed by atoms with Crippen LogP contribution in [0.4, 0.5) is 14.5 Å². The van der Waals surface area contributed by atoms with Crippen LogP contribution >= 0.6 is 11.6 Å². The summed E-state index contributed by atoms with van der Waals surface area (Å²) in [5.41, 5.74) is -3.26. The molecule has 24 heavy (non-hydrogen) atoms. The van der Waals surface area contributed by atoms with Crippen LogP contribution in [-0.4, -0.2) is 50.7 Å². The lowest BCUT2D eigenvalue weighted by atomic mass is 10.3. The standard InChI is InChI=1S/C15H17ClF2N4O2/c16-15(17,18)24-13-3-1-12(2-4-13)20-14(23)11-22-9-7-21(6-5-19)8-10-22/h1-4H,6-11H2,(H,20,23)/p+2. The number of carbonyl (C=O) groups excluding carboxylic acids is 1. The van der Waals surface area contributed by atoms with Gasteiger partial charge in [0.2, 0.25) is 0 Å². The first-order valence-corrected chi connectivity index (χ1v) is 7.93. The highest BCUT2D eigenvalue weighted by atomic mass is 35.5. The number of benzene rings is 1. The fraction of sp³-hybridized carbons (Fsp3) is 0.467. The molecule has 0 aromatic heterocycles. The molecule has 1 aromatic carbocycles. The second-order valence-electron chi connectivity index (χ2n) is 5.63. The van der Waals surface area contributed by atoms with Gasteiger partial charge >= 0.3 is 5.57 Å². The first-order valence-electron chi connectivity index (χ1n) is 7.55. The summed E-state index contributed by atoms with van der Waals surface area (Å²) in [6, 6.07) is 7.71. The maximum Gasteiger partial charge on any atom is 0.487 e. The van der Waals surface area contributed by atoms with E-state index in [0.717, 1.165) is 31.1 Å². The molecule has 0 atom stereocenters. The molecule has 0 saturated carbocycles. The number of halogens is 3. The number of quaternary nitrogens is 2. The first kappa shape index (κ1) is 18.4. The van der Waals surface area contributed by atoms with Crippen molar-refractivity contribution < 1.29 is 28.1 Å². The molecular weight excluding hydrogens is 342 g/mol. The average molecular weight is 361 g/mol. The SMILES string of the molecule is N#CC[NH+]1CC[NH+](CC(=O)Nc2ccc(OC(F)(F)Cl)cc2)CC1. The minimum Gasteiger partial charge on any atom is -0.420 e. The molecule has 1 aliphatic heterocycles. The molecule has 1 fully saturated rings. The number of hydrogen-bond acceptors (Lipinski definition) is 3. The zero-order valence-corrected chi connectivity index (χ0v) is 13.7. The first-order chi connectivity index (χ1) is 11.4. The number of piperazine rings is 1. The summed E-state index contributed by atoms with van der Waals surface area (Å²) in [6.45, 7) is 4.24. The third-order valence-corrected chi connectivity index (χ3v) is 3.85. The largest absolute Gasteiger partial charge is 0.487 e. The van der Waals surface area contributed by atoms with Crippen molar-refractivity contribution >= 4 is 23.2 Å². The Morgan fingerprint density at radius 2 is 1.83 bits per heavy atom. The van der Waals surface area contributed by atoms with E-state index in [9.17, 15) is 13.6 Å². The second-order valence-corrected chi connectivity index (χ2v) is 6.07. The van der Waals surface area contributed by atoms with Crippen molar-refractivity contribution in [1.29, 1.82) is 5.26 Å². The van der Waals surface area contributed by atoms with Gasteiger partial charge in [-0.05, 0) is 24.3 Å². The van der Waals surface area contributed by atoms with Crippen LogP contribution in [0.1, 0.15) is 0 Å². The van der Waals surface area contributed by atoms with Crippen molar-refractivity contribution in [2.45, 2.75) is 5.57 Å². The topological polar surface area (TPSA) is 71.0 Å². The van der Waals surface area contributed by atoms with E-state index >= 15 is 0 Å². The molecule has 0 bridgehead atoms. The lowest BCUT2D eigenvalue weighted by molar-refractivity contribution is -1.01. The van der Waals surface area contributed by atoms with E-state index in [1.54, 1.807) is 0 Å². The van der Waals surface area contributed by atoms with Crippen molar-refractivity contribution in [3.63, 3.8) is 0 Å². The van der Waals surface area contributed by atoms with Crippen LogP contribution in [0.15, 0.2) is 24.3 Å². The van der Waals surface area contributed by atoms with Crippen LogP contribution < -0.4 is 19.9 Å². The van der Waals surface area contributed by atoms with Gasteiger partial charge in [0.15, 0.2) is 13.1 Å². The Balaban J connectivity index is 1.77. The Labute approximate surface area is 143 Å². The van der Waals surface area contributed by atoms with Gasteiger partial charge < -0.3 is 19.9 Å². The molecule has 2 rings (SSSR count). The molecule has 1 saturated heterocycles. The van der Waals surface area contributed by atoms with E-state index in [1.165, 1.54) is 29.2 Å². The number of alkyl halides is 3. The summed E-state index contributed by atoms with van der Waals surface area (Å²) in [4.78, 5) is 14.4. The predicted molar refractivity (Wildman–Crippen MR) is 83.2 cm³/mol. The molecule has 6 nitrogen and oxygen atoms in total. The zero-order valence-electron chi connectivity index (χ0n) is 12.9. The summed E-state index contributed by atoms with van der Waals surface area (Å²) < 4.78 is 29.2. The van der Waals surface area contributed by atoms with E-state index in [4.69, 9.17) is 5.26 Å². The molecule has 1 aromatic rings. The smallest absolute Gasteiger partial charge is 0.420 e. The third-order valence-electron chi connectivity index (χ3n) is 3.78. The maximum absolute atomic E-state index is 12.5. The summed E-state index contributed by atoms with van der Waals surface area (Å²) in [5, 5.41) is 11.4. The van der Waals surface area contributed by atoms with Gasteiger partial charge in [-0.2, -0.15) is 5.26 Å². The number of hydrogen-bond donors (Lipinski definition) is 3. The number of nitrogens with zero attached hydrogens (tertiary/aromatic N) is 1.